The Morgan fingerprint density at radius 2 is 2.08 bits per heavy atom. The molecule has 1 saturated heterocycles. The van der Waals surface area contributed by atoms with Gasteiger partial charge in [0.05, 0.1) is 0 Å². The molecule has 1 amide bonds. The maximum Gasteiger partial charge on any atom is 0.408 e. The fourth-order valence-electron chi connectivity index (χ4n) is 1.59. The second kappa shape index (κ2) is 3.47. The lowest BCUT2D eigenvalue weighted by atomic mass is 10.0. The van der Waals surface area contributed by atoms with Crippen molar-refractivity contribution in [1.29, 1.82) is 0 Å². The molecule has 72 valence electrons. The van der Waals surface area contributed by atoms with Gasteiger partial charge >= 0.3 is 12.1 Å². The van der Waals surface area contributed by atoms with E-state index in [1.165, 1.54) is 6.08 Å². The first-order valence-corrected chi connectivity index (χ1v) is 3.93. The van der Waals surface area contributed by atoms with Crippen LogP contribution in [0.15, 0.2) is 12.7 Å². The van der Waals surface area contributed by atoms with Gasteiger partial charge in [-0.05, 0) is 6.42 Å². The molecule has 1 aliphatic heterocycles. The summed E-state index contributed by atoms with van der Waals surface area (Å²) in [6.07, 6.45) is 0.853. The van der Waals surface area contributed by atoms with Crippen LogP contribution < -0.4 is 0 Å². The van der Waals surface area contributed by atoms with Gasteiger partial charge in [-0.3, -0.25) is 4.90 Å². The van der Waals surface area contributed by atoms with Gasteiger partial charge in [0.15, 0.2) is 0 Å². The van der Waals surface area contributed by atoms with Gasteiger partial charge in [-0.15, -0.1) is 6.58 Å². The van der Waals surface area contributed by atoms with Gasteiger partial charge < -0.3 is 10.2 Å². The fourth-order valence-corrected chi connectivity index (χ4v) is 1.59. The average Bonchev–Trinajstić information content (AvgIpc) is 2.46. The van der Waals surface area contributed by atoms with Gasteiger partial charge in [0.25, 0.3) is 0 Å². The predicted octanol–water partition coefficient (Wildman–Crippen LogP) is 0.625. The highest BCUT2D eigenvalue weighted by Gasteiger charge is 2.40. The highest BCUT2D eigenvalue weighted by atomic mass is 16.4. The Bertz CT molecular complexity index is 251. The molecule has 2 atom stereocenters. The number of rotatable bonds is 2. The van der Waals surface area contributed by atoms with E-state index < -0.39 is 18.1 Å². The molecule has 1 unspecified atom stereocenters. The third-order valence-corrected chi connectivity index (χ3v) is 2.25. The maximum atomic E-state index is 10.7. The monoisotopic (exact) mass is 185 g/mol. The van der Waals surface area contributed by atoms with E-state index in [2.05, 4.69) is 6.58 Å². The Morgan fingerprint density at radius 3 is 2.46 bits per heavy atom. The van der Waals surface area contributed by atoms with Crippen LogP contribution in [0.3, 0.4) is 0 Å². The van der Waals surface area contributed by atoms with Crippen LogP contribution in [0.5, 0.6) is 0 Å². The number of aliphatic carboxylic acids is 1. The Balaban J connectivity index is 2.84. The van der Waals surface area contributed by atoms with Gasteiger partial charge in [-0.2, -0.15) is 0 Å². The predicted molar refractivity (Wildman–Crippen MR) is 44.5 cm³/mol. The standard InChI is InChI=1S/C8H11NO4/c1-2-5-3-4-9(8(12)13)6(5)7(10)11/h2,5-6H,1,3-4H2,(H,10,11)(H,12,13)/t5?,6-/m0/s1. The molecular weight excluding hydrogens is 174 g/mol. The zero-order chi connectivity index (χ0) is 10.0. The van der Waals surface area contributed by atoms with Crippen LogP contribution in [0.25, 0.3) is 0 Å². The normalized spacial score (nSPS) is 27.2. The largest absolute Gasteiger partial charge is 0.480 e. The van der Waals surface area contributed by atoms with Crippen LogP contribution in [0.2, 0.25) is 0 Å². The maximum absolute atomic E-state index is 10.7. The molecule has 0 aromatic rings. The lowest BCUT2D eigenvalue weighted by molar-refractivity contribution is -0.142. The molecule has 2 N–H and O–H groups in total. The molecule has 0 aromatic heterocycles. The molecule has 0 radical (unpaired) electrons. The van der Waals surface area contributed by atoms with Crippen LogP contribution >= 0.6 is 0 Å². The molecule has 5 heteroatoms. The Kier molecular flexibility index (Phi) is 2.55. The SMILES string of the molecule is C=CC1CCN(C(=O)O)[C@@H]1C(=O)O. The quantitative estimate of drug-likeness (QED) is 0.618. The molecule has 1 rings (SSSR count). The fraction of sp³-hybridized carbons (Fsp3) is 0.500. The lowest BCUT2D eigenvalue weighted by Crippen LogP contribution is -2.42. The van der Waals surface area contributed by atoms with Gasteiger partial charge in [0.1, 0.15) is 6.04 Å². The van der Waals surface area contributed by atoms with Crippen molar-refractivity contribution in [3.63, 3.8) is 0 Å². The molecule has 0 aromatic carbocycles. The van der Waals surface area contributed by atoms with E-state index >= 15 is 0 Å². The second-order valence-electron chi connectivity index (χ2n) is 2.95. The number of carboxylic acid groups (broad SMARTS) is 2. The van der Waals surface area contributed by atoms with Gasteiger partial charge in [-0.1, -0.05) is 6.08 Å². The van der Waals surface area contributed by atoms with E-state index in [4.69, 9.17) is 10.2 Å². The van der Waals surface area contributed by atoms with Crippen molar-refractivity contribution in [1.82, 2.24) is 4.90 Å². The van der Waals surface area contributed by atoms with E-state index in [0.717, 1.165) is 4.90 Å². The highest BCUT2D eigenvalue weighted by molar-refractivity contribution is 5.80. The summed E-state index contributed by atoms with van der Waals surface area (Å²) in [5.74, 6) is -1.38. The molecule has 1 fully saturated rings. The summed E-state index contributed by atoms with van der Waals surface area (Å²) in [6, 6.07) is -0.963. The third-order valence-electron chi connectivity index (χ3n) is 2.25. The minimum Gasteiger partial charge on any atom is -0.480 e. The van der Waals surface area contributed by atoms with E-state index in [0.29, 0.717) is 6.42 Å². The van der Waals surface area contributed by atoms with Gasteiger partial charge in [0, 0.05) is 12.5 Å². The molecule has 5 nitrogen and oxygen atoms in total. The molecule has 0 saturated carbocycles. The first-order valence-electron chi connectivity index (χ1n) is 3.93. The van der Waals surface area contributed by atoms with Crippen molar-refractivity contribution < 1.29 is 19.8 Å². The average molecular weight is 185 g/mol. The summed E-state index contributed by atoms with van der Waals surface area (Å²) in [5.41, 5.74) is 0. The van der Waals surface area contributed by atoms with E-state index in [9.17, 15) is 9.59 Å². The summed E-state index contributed by atoms with van der Waals surface area (Å²) in [6.45, 7) is 3.75. The molecule has 1 aliphatic rings. The van der Waals surface area contributed by atoms with Crippen molar-refractivity contribution in [2.24, 2.45) is 5.92 Å². The first kappa shape index (κ1) is 9.57. The number of hydrogen-bond acceptors (Lipinski definition) is 2. The number of nitrogens with zero attached hydrogens (tertiary/aromatic N) is 1. The Hall–Kier alpha value is -1.52. The third kappa shape index (κ3) is 1.63. The van der Waals surface area contributed by atoms with Crippen molar-refractivity contribution in [2.75, 3.05) is 6.54 Å². The summed E-state index contributed by atoms with van der Waals surface area (Å²) in [7, 11) is 0. The van der Waals surface area contributed by atoms with Crippen LogP contribution in [-0.4, -0.2) is 39.8 Å². The molecule has 0 spiro atoms. The van der Waals surface area contributed by atoms with Crippen molar-refractivity contribution in [3.8, 4) is 0 Å². The summed E-state index contributed by atoms with van der Waals surface area (Å²) >= 11 is 0. The Labute approximate surface area is 75.3 Å². The van der Waals surface area contributed by atoms with Crippen LogP contribution in [0.1, 0.15) is 6.42 Å². The summed E-state index contributed by atoms with van der Waals surface area (Å²) in [5, 5.41) is 17.5. The summed E-state index contributed by atoms with van der Waals surface area (Å²) in [4.78, 5) is 22.3. The topological polar surface area (TPSA) is 77.8 Å². The first-order chi connectivity index (χ1) is 6.07. The number of amides is 1. The zero-order valence-electron chi connectivity index (χ0n) is 7.01. The van der Waals surface area contributed by atoms with Crippen molar-refractivity contribution in [2.45, 2.75) is 12.5 Å². The molecule has 0 bridgehead atoms. The molecule has 0 aliphatic carbocycles. The van der Waals surface area contributed by atoms with Crippen LogP contribution in [0, 0.1) is 5.92 Å². The van der Waals surface area contributed by atoms with Crippen LogP contribution in [0.4, 0.5) is 4.79 Å². The number of carboxylic acids is 1. The number of likely N-dealkylation sites (tertiary alicyclic amines) is 1. The van der Waals surface area contributed by atoms with E-state index in [-0.39, 0.29) is 12.5 Å². The minimum atomic E-state index is -1.18. The zero-order valence-corrected chi connectivity index (χ0v) is 7.01. The lowest BCUT2D eigenvalue weighted by Gasteiger charge is -2.19. The highest BCUT2D eigenvalue weighted by Crippen LogP contribution is 2.25. The minimum absolute atomic E-state index is 0.267. The second-order valence-corrected chi connectivity index (χ2v) is 2.95. The van der Waals surface area contributed by atoms with Crippen molar-refractivity contribution in [3.05, 3.63) is 12.7 Å². The van der Waals surface area contributed by atoms with Crippen LogP contribution in [-0.2, 0) is 4.79 Å². The van der Waals surface area contributed by atoms with Gasteiger partial charge in [-0.25, -0.2) is 9.59 Å². The molecule has 13 heavy (non-hydrogen) atoms. The number of hydrogen-bond donors (Lipinski definition) is 2. The molecular formula is C8H11NO4. The Morgan fingerprint density at radius 1 is 1.46 bits per heavy atom. The van der Waals surface area contributed by atoms with Crippen molar-refractivity contribution >= 4 is 12.1 Å². The van der Waals surface area contributed by atoms with E-state index in [1.807, 2.05) is 0 Å². The summed E-state index contributed by atoms with van der Waals surface area (Å²) < 4.78 is 0. The van der Waals surface area contributed by atoms with E-state index in [1.54, 1.807) is 0 Å². The number of carbonyl (C=O) groups is 2. The smallest absolute Gasteiger partial charge is 0.408 e. The molecule has 1 heterocycles. The van der Waals surface area contributed by atoms with Gasteiger partial charge in [0.2, 0.25) is 0 Å².